The van der Waals surface area contributed by atoms with E-state index in [9.17, 15) is 13.2 Å². The van der Waals surface area contributed by atoms with Crippen LogP contribution in [0.4, 0.5) is 5.82 Å². The van der Waals surface area contributed by atoms with Gasteiger partial charge in [-0.25, -0.2) is 13.4 Å². The lowest BCUT2D eigenvalue weighted by molar-refractivity contribution is -0.143. The molecular weight excluding hydrogens is 270 g/mol. The van der Waals surface area contributed by atoms with Crippen molar-refractivity contribution in [3.05, 3.63) is 18.3 Å². The Labute approximate surface area is 112 Å². The number of nitrogens with zero attached hydrogens (tertiary/aromatic N) is 2. The molecule has 8 heteroatoms. The quantitative estimate of drug-likeness (QED) is 0.752. The zero-order chi connectivity index (χ0) is 14.5. The Kier molecular flexibility index (Phi) is 5.25. The van der Waals surface area contributed by atoms with Crippen molar-refractivity contribution >= 4 is 21.8 Å². The molecule has 0 saturated carbocycles. The molecule has 0 saturated heterocycles. The summed E-state index contributed by atoms with van der Waals surface area (Å²) in [7, 11) is -3.85. The first-order valence-corrected chi connectivity index (χ1v) is 7.23. The maximum absolute atomic E-state index is 12.3. The number of carbonyl (C=O) groups excluding carboxylic acids is 1. The van der Waals surface area contributed by atoms with Crippen LogP contribution >= 0.6 is 0 Å². The minimum Gasteiger partial charge on any atom is -0.465 e. The zero-order valence-electron chi connectivity index (χ0n) is 10.9. The first kappa shape index (κ1) is 15.4. The molecule has 0 aromatic carbocycles. The number of ether oxygens (including phenoxy) is 1. The molecule has 0 unspecified atom stereocenters. The van der Waals surface area contributed by atoms with Crippen LogP contribution < -0.4 is 5.73 Å². The van der Waals surface area contributed by atoms with E-state index in [1.807, 2.05) is 0 Å². The van der Waals surface area contributed by atoms with E-state index in [1.165, 1.54) is 18.3 Å². The van der Waals surface area contributed by atoms with E-state index in [0.717, 1.165) is 4.31 Å². The minimum atomic E-state index is -3.85. The summed E-state index contributed by atoms with van der Waals surface area (Å²) in [5.41, 5.74) is 5.56. The maximum Gasteiger partial charge on any atom is 0.321 e. The van der Waals surface area contributed by atoms with E-state index in [2.05, 4.69) is 4.98 Å². The SMILES string of the molecule is CCOC(=O)CN(CC)S(=O)(=O)c1cccnc1N. The Morgan fingerprint density at radius 1 is 1.47 bits per heavy atom. The average molecular weight is 287 g/mol. The number of anilines is 1. The number of likely N-dealkylation sites (N-methyl/N-ethyl adjacent to an activating group) is 1. The Bertz CT molecular complexity index is 545. The monoisotopic (exact) mass is 287 g/mol. The Morgan fingerprint density at radius 3 is 2.68 bits per heavy atom. The van der Waals surface area contributed by atoms with Gasteiger partial charge in [0.25, 0.3) is 0 Å². The van der Waals surface area contributed by atoms with Crippen molar-refractivity contribution in [1.29, 1.82) is 0 Å². The molecule has 2 N–H and O–H groups in total. The van der Waals surface area contributed by atoms with Crippen LogP contribution in [-0.4, -0.2) is 43.4 Å². The van der Waals surface area contributed by atoms with Gasteiger partial charge in [-0.05, 0) is 19.1 Å². The second-order valence-corrected chi connectivity index (χ2v) is 5.53. The number of hydrogen-bond donors (Lipinski definition) is 1. The molecular formula is C11H17N3O4S. The molecule has 0 spiro atoms. The summed E-state index contributed by atoms with van der Waals surface area (Å²) in [6.07, 6.45) is 1.40. The number of carbonyl (C=O) groups is 1. The molecule has 1 heterocycles. The molecule has 0 bridgehead atoms. The first-order valence-electron chi connectivity index (χ1n) is 5.79. The van der Waals surface area contributed by atoms with Gasteiger partial charge in [0.15, 0.2) is 0 Å². The number of pyridine rings is 1. The van der Waals surface area contributed by atoms with Gasteiger partial charge in [-0.15, -0.1) is 0 Å². The van der Waals surface area contributed by atoms with E-state index in [-0.39, 0.29) is 30.4 Å². The van der Waals surface area contributed by atoms with Gasteiger partial charge in [0.05, 0.1) is 6.61 Å². The van der Waals surface area contributed by atoms with Crippen LogP contribution in [0.15, 0.2) is 23.2 Å². The largest absolute Gasteiger partial charge is 0.465 e. The minimum absolute atomic E-state index is 0.0928. The van der Waals surface area contributed by atoms with Crippen LogP contribution in [0, 0.1) is 0 Å². The van der Waals surface area contributed by atoms with E-state index in [4.69, 9.17) is 10.5 Å². The summed E-state index contributed by atoms with van der Waals surface area (Å²) in [5.74, 6) is -0.694. The third kappa shape index (κ3) is 3.65. The lowest BCUT2D eigenvalue weighted by atomic mass is 10.5. The van der Waals surface area contributed by atoms with Crippen molar-refractivity contribution in [3.63, 3.8) is 0 Å². The molecule has 0 fully saturated rings. The summed E-state index contributed by atoms with van der Waals surface area (Å²) in [5, 5.41) is 0. The van der Waals surface area contributed by atoms with Gasteiger partial charge in [0.1, 0.15) is 17.3 Å². The third-order valence-electron chi connectivity index (χ3n) is 2.38. The van der Waals surface area contributed by atoms with Gasteiger partial charge >= 0.3 is 5.97 Å². The van der Waals surface area contributed by atoms with Crippen LogP contribution in [0.25, 0.3) is 0 Å². The zero-order valence-corrected chi connectivity index (χ0v) is 11.7. The van der Waals surface area contributed by atoms with E-state index in [0.29, 0.717) is 0 Å². The van der Waals surface area contributed by atoms with Crippen LogP contribution in [0.1, 0.15) is 13.8 Å². The van der Waals surface area contributed by atoms with Crippen LogP contribution in [-0.2, 0) is 19.6 Å². The normalized spacial score (nSPS) is 11.5. The molecule has 7 nitrogen and oxygen atoms in total. The van der Waals surface area contributed by atoms with Crippen molar-refractivity contribution in [3.8, 4) is 0 Å². The molecule has 1 aromatic heterocycles. The molecule has 1 aromatic rings. The number of hydrogen-bond acceptors (Lipinski definition) is 6. The molecule has 0 radical (unpaired) electrons. The highest BCUT2D eigenvalue weighted by Gasteiger charge is 2.27. The van der Waals surface area contributed by atoms with Crippen LogP contribution in [0.5, 0.6) is 0 Å². The topological polar surface area (TPSA) is 103 Å². The summed E-state index contributed by atoms with van der Waals surface area (Å²) < 4.78 is 30.4. The summed E-state index contributed by atoms with van der Waals surface area (Å²) >= 11 is 0. The number of esters is 1. The Balaban J connectivity index is 3.03. The molecule has 0 aliphatic carbocycles. The van der Waals surface area contributed by atoms with Crippen molar-refractivity contribution in [2.24, 2.45) is 0 Å². The molecule has 0 aliphatic heterocycles. The fourth-order valence-electron chi connectivity index (χ4n) is 1.48. The highest BCUT2D eigenvalue weighted by Crippen LogP contribution is 2.19. The van der Waals surface area contributed by atoms with Gasteiger partial charge in [-0.1, -0.05) is 6.92 Å². The highest BCUT2D eigenvalue weighted by molar-refractivity contribution is 7.89. The summed E-state index contributed by atoms with van der Waals surface area (Å²) in [4.78, 5) is 15.0. The van der Waals surface area contributed by atoms with Crippen LogP contribution in [0.3, 0.4) is 0 Å². The highest BCUT2D eigenvalue weighted by atomic mass is 32.2. The fourth-order valence-corrected chi connectivity index (χ4v) is 2.94. The van der Waals surface area contributed by atoms with Crippen molar-refractivity contribution in [1.82, 2.24) is 9.29 Å². The number of nitrogens with two attached hydrogens (primary N) is 1. The number of aromatic nitrogens is 1. The van der Waals surface area contributed by atoms with Gasteiger partial charge in [-0.2, -0.15) is 4.31 Å². The Hall–Kier alpha value is -1.67. The maximum atomic E-state index is 12.3. The molecule has 0 amide bonds. The predicted octanol–water partition coefficient (Wildman–Crippen LogP) is 0.238. The smallest absolute Gasteiger partial charge is 0.321 e. The number of nitrogen functional groups attached to an aromatic ring is 1. The standard InChI is InChI=1S/C11H17N3O4S/c1-3-14(8-10(15)18-4-2)19(16,17)9-6-5-7-13-11(9)12/h5-7H,3-4,8H2,1-2H3,(H2,12,13). The molecule has 19 heavy (non-hydrogen) atoms. The van der Waals surface area contributed by atoms with Gasteiger partial charge in [-0.3, -0.25) is 4.79 Å². The lowest BCUT2D eigenvalue weighted by Gasteiger charge is -2.19. The molecule has 0 atom stereocenters. The number of rotatable bonds is 6. The van der Waals surface area contributed by atoms with E-state index >= 15 is 0 Å². The summed E-state index contributed by atoms with van der Waals surface area (Å²) in [6, 6.07) is 2.83. The molecule has 106 valence electrons. The second kappa shape index (κ2) is 6.48. The third-order valence-corrected chi connectivity index (χ3v) is 4.35. The second-order valence-electron chi connectivity index (χ2n) is 3.62. The van der Waals surface area contributed by atoms with E-state index in [1.54, 1.807) is 13.8 Å². The van der Waals surface area contributed by atoms with Crippen molar-refractivity contribution in [2.45, 2.75) is 18.7 Å². The lowest BCUT2D eigenvalue weighted by Crippen LogP contribution is -2.36. The van der Waals surface area contributed by atoms with Gasteiger partial charge in [0.2, 0.25) is 10.0 Å². The average Bonchev–Trinajstić information content (AvgIpc) is 2.36. The first-order chi connectivity index (χ1) is 8.93. The fraction of sp³-hybridized carbons (Fsp3) is 0.455. The summed E-state index contributed by atoms with van der Waals surface area (Å²) in [6.45, 7) is 3.27. The van der Waals surface area contributed by atoms with Crippen molar-refractivity contribution in [2.75, 3.05) is 25.4 Å². The van der Waals surface area contributed by atoms with E-state index < -0.39 is 16.0 Å². The van der Waals surface area contributed by atoms with Crippen molar-refractivity contribution < 1.29 is 17.9 Å². The van der Waals surface area contributed by atoms with Gasteiger partial charge < -0.3 is 10.5 Å². The molecule has 0 aliphatic rings. The predicted molar refractivity (Wildman–Crippen MR) is 69.7 cm³/mol. The molecule has 1 rings (SSSR count). The number of sulfonamides is 1. The Morgan fingerprint density at radius 2 is 2.16 bits per heavy atom. The van der Waals surface area contributed by atoms with Crippen LogP contribution in [0.2, 0.25) is 0 Å². The van der Waals surface area contributed by atoms with Gasteiger partial charge in [0, 0.05) is 12.7 Å².